The third-order valence-corrected chi connectivity index (χ3v) is 4.09. The van der Waals surface area contributed by atoms with E-state index in [1.165, 1.54) is 24.3 Å². The van der Waals surface area contributed by atoms with Crippen LogP contribution in [0.4, 0.5) is 5.69 Å². The molecule has 2 amide bonds. The largest absolute Gasteiger partial charge is 0.347 e. The van der Waals surface area contributed by atoms with Crippen molar-refractivity contribution in [2.24, 2.45) is 0 Å². The maximum atomic E-state index is 12.3. The molecule has 1 unspecified atom stereocenters. The van der Waals surface area contributed by atoms with Gasteiger partial charge in [-0.15, -0.1) is 0 Å². The molecule has 1 atom stereocenters. The molecule has 1 aliphatic rings. The molecular formula is C18H17N3O4. The average molecular weight is 339 g/mol. The highest BCUT2D eigenvalue weighted by molar-refractivity contribution is 5.95. The van der Waals surface area contributed by atoms with Gasteiger partial charge in [0.2, 0.25) is 5.91 Å². The molecule has 1 saturated heterocycles. The topological polar surface area (TPSA) is 92.6 Å². The van der Waals surface area contributed by atoms with E-state index in [1.54, 1.807) is 4.90 Å². The van der Waals surface area contributed by atoms with Gasteiger partial charge in [-0.2, -0.15) is 0 Å². The van der Waals surface area contributed by atoms with E-state index < -0.39 is 10.8 Å². The number of benzene rings is 2. The van der Waals surface area contributed by atoms with E-state index in [0.29, 0.717) is 13.1 Å². The lowest BCUT2D eigenvalue weighted by Crippen LogP contribution is -2.37. The summed E-state index contributed by atoms with van der Waals surface area (Å²) in [7, 11) is 0. The molecule has 1 aliphatic heterocycles. The predicted octanol–water partition coefficient (Wildman–Crippen LogP) is 2.13. The van der Waals surface area contributed by atoms with Gasteiger partial charge in [-0.1, -0.05) is 36.4 Å². The van der Waals surface area contributed by atoms with Crippen LogP contribution in [0.15, 0.2) is 54.6 Å². The van der Waals surface area contributed by atoms with Gasteiger partial charge in [0.05, 0.1) is 11.0 Å². The van der Waals surface area contributed by atoms with Crippen LogP contribution in [0.3, 0.4) is 0 Å². The van der Waals surface area contributed by atoms with E-state index in [0.717, 1.165) is 5.56 Å². The van der Waals surface area contributed by atoms with E-state index in [1.807, 2.05) is 30.3 Å². The standard InChI is InChI=1S/C18H17N3O4/c22-17-10-15(12-20(17)11-13-5-2-1-3-6-13)19-18(23)14-7-4-8-16(9-14)21(24)25/h1-9,15H,10-12H2,(H,19,23). The van der Waals surface area contributed by atoms with Crippen LogP contribution in [0.1, 0.15) is 22.3 Å². The van der Waals surface area contributed by atoms with Crippen LogP contribution in [0, 0.1) is 10.1 Å². The Bertz CT molecular complexity index is 807. The summed E-state index contributed by atoms with van der Waals surface area (Å²) >= 11 is 0. The van der Waals surface area contributed by atoms with Crippen LogP contribution in [0.2, 0.25) is 0 Å². The minimum absolute atomic E-state index is 0.0202. The number of hydrogen-bond acceptors (Lipinski definition) is 4. The number of nitrogens with one attached hydrogen (secondary N) is 1. The van der Waals surface area contributed by atoms with Crippen LogP contribution in [-0.4, -0.2) is 34.2 Å². The van der Waals surface area contributed by atoms with Gasteiger partial charge in [0.25, 0.3) is 11.6 Å². The molecular weight excluding hydrogens is 322 g/mol. The minimum Gasteiger partial charge on any atom is -0.347 e. The first-order chi connectivity index (χ1) is 12.0. The Morgan fingerprint density at radius 2 is 1.96 bits per heavy atom. The monoisotopic (exact) mass is 339 g/mol. The number of non-ortho nitro benzene ring substituents is 1. The van der Waals surface area contributed by atoms with Crippen molar-refractivity contribution in [2.75, 3.05) is 6.54 Å². The highest BCUT2D eigenvalue weighted by Gasteiger charge is 2.30. The van der Waals surface area contributed by atoms with Crippen molar-refractivity contribution < 1.29 is 14.5 Å². The Morgan fingerprint density at radius 3 is 2.68 bits per heavy atom. The first-order valence-electron chi connectivity index (χ1n) is 7.90. The lowest BCUT2D eigenvalue weighted by atomic mass is 10.1. The maximum Gasteiger partial charge on any atom is 0.270 e. The van der Waals surface area contributed by atoms with Crippen molar-refractivity contribution in [2.45, 2.75) is 19.0 Å². The van der Waals surface area contributed by atoms with Crippen molar-refractivity contribution in [3.63, 3.8) is 0 Å². The minimum atomic E-state index is -0.544. The third kappa shape index (κ3) is 4.00. The fourth-order valence-corrected chi connectivity index (χ4v) is 2.85. The number of likely N-dealkylation sites (tertiary alicyclic amines) is 1. The molecule has 128 valence electrons. The van der Waals surface area contributed by atoms with Gasteiger partial charge in [0.15, 0.2) is 0 Å². The fraction of sp³-hybridized carbons (Fsp3) is 0.222. The molecule has 2 aromatic rings. The number of nitro groups is 1. The van der Waals surface area contributed by atoms with E-state index in [4.69, 9.17) is 0 Å². The number of hydrogen-bond donors (Lipinski definition) is 1. The second kappa shape index (κ2) is 7.12. The smallest absolute Gasteiger partial charge is 0.270 e. The average Bonchev–Trinajstić information content (AvgIpc) is 2.95. The molecule has 2 aromatic carbocycles. The molecule has 0 spiro atoms. The van der Waals surface area contributed by atoms with Gasteiger partial charge in [0, 0.05) is 37.2 Å². The normalized spacial score (nSPS) is 16.7. The SMILES string of the molecule is O=C(NC1CC(=O)N(Cc2ccccc2)C1)c1cccc([N+](=O)[O-])c1. The molecule has 0 aliphatic carbocycles. The molecule has 7 nitrogen and oxygen atoms in total. The van der Waals surface area contributed by atoms with Crippen molar-refractivity contribution in [1.29, 1.82) is 0 Å². The second-order valence-electron chi connectivity index (χ2n) is 5.94. The summed E-state index contributed by atoms with van der Waals surface area (Å²) in [6.07, 6.45) is 0.230. The molecule has 25 heavy (non-hydrogen) atoms. The summed E-state index contributed by atoms with van der Waals surface area (Å²) in [5, 5.41) is 13.6. The molecule has 0 radical (unpaired) electrons. The summed E-state index contributed by atoms with van der Waals surface area (Å²) in [5.41, 5.74) is 1.10. The van der Waals surface area contributed by atoms with Gasteiger partial charge in [-0.25, -0.2) is 0 Å². The zero-order chi connectivity index (χ0) is 17.8. The zero-order valence-corrected chi connectivity index (χ0v) is 13.4. The first kappa shape index (κ1) is 16.6. The zero-order valence-electron chi connectivity index (χ0n) is 13.4. The van der Waals surface area contributed by atoms with Crippen molar-refractivity contribution >= 4 is 17.5 Å². The summed E-state index contributed by atoms with van der Waals surface area (Å²) in [6, 6.07) is 14.9. The number of carbonyl (C=O) groups is 2. The Morgan fingerprint density at radius 1 is 1.20 bits per heavy atom. The Balaban J connectivity index is 1.62. The van der Waals surface area contributed by atoms with Gasteiger partial charge < -0.3 is 10.2 Å². The number of carbonyl (C=O) groups excluding carboxylic acids is 2. The predicted molar refractivity (Wildman–Crippen MR) is 90.8 cm³/mol. The summed E-state index contributed by atoms with van der Waals surface area (Å²) in [6.45, 7) is 0.928. The summed E-state index contributed by atoms with van der Waals surface area (Å²) < 4.78 is 0. The van der Waals surface area contributed by atoms with Crippen LogP contribution in [-0.2, 0) is 11.3 Å². The molecule has 1 heterocycles. The van der Waals surface area contributed by atoms with Crippen molar-refractivity contribution in [3.05, 3.63) is 75.8 Å². The van der Waals surface area contributed by atoms with Gasteiger partial charge in [-0.05, 0) is 11.6 Å². The highest BCUT2D eigenvalue weighted by atomic mass is 16.6. The molecule has 3 rings (SSSR count). The van der Waals surface area contributed by atoms with E-state index in [9.17, 15) is 19.7 Å². The van der Waals surface area contributed by atoms with E-state index in [2.05, 4.69) is 5.32 Å². The molecule has 7 heteroatoms. The van der Waals surface area contributed by atoms with Crippen LogP contribution < -0.4 is 5.32 Å². The maximum absolute atomic E-state index is 12.3. The number of amides is 2. The van der Waals surface area contributed by atoms with Crippen LogP contribution in [0.25, 0.3) is 0 Å². The Labute approximate surface area is 144 Å². The third-order valence-electron chi connectivity index (χ3n) is 4.09. The van der Waals surface area contributed by atoms with E-state index >= 15 is 0 Å². The quantitative estimate of drug-likeness (QED) is 0.667. The van der Waals surface area contributed by atoms with Crippen molar-refractivity contribution in [1.82, 2.24) is 10.2 Å². The highest BCUT2D eigenvalue weighted by Crippen LogP contribution is 2.17. The summed E-state index contributed by atoms with van der Waals surface area (Å²) in [4.78, 5) is 36.4. The van der Waals surface area contributed by atoms with Crippen molar-refractivity contribution in [3.8, 4) is 0 Å². The summed E-state index contributed by atoms with van der Waals surface area (Å²) in [5.74, 6) is -0.434. The molecule has 0 bridgehead atoms. The molecule has 1 N–H and O–H groups in total. The lowest BCUT2D eigenvalue weighted by molar-refractivity contribution is -0.384. The number of nitrogens with zero attached hydrogens (tertiary/aromatic N) is 2. The fourth-order valence-electron chi connectivity index (χ4n) is 2.85. The van der Waals surface area contributed by atoms with E-state index in [-0.39, 0.29) is 29.6 Å². The van der Waals surface area contributed by atoms with Crippen LogP contribution >= 0.6 is 0 Å². The molecule has 0 aromatic heterocycles. The van der Waals surface area contributed by atoms with Gasteiger partial charge in [-0.3, -0.25) is 19.7 Å². The lowest BCUT2D eigenvalue weighted by Gasteiger charge is -2.17. The van der Waals surface area contributed by atoms with Gasteiger partial charge >= 0.3 is 0 Å². The second-order valence-corrected chi connectivity index (χ2v) is 5.94. The molecule has 1 fully saturated rings. The first-order valence-corrected chi connectivity index (χ1v) is 7.90. The van der Waals surface area contributed by atoms with Gasteiger partial charge in [0.1, 0.15) is 0 Å². The Kier molecular flexibility index (Phi) is 4.74. The molecule has 0 saturated carbocycles. The number of rotatable bonds is 5. The number of nitro benzene ring substituents is 1. The van der Waals surface area contributed by atoms with Crippen LogP contribution in [0.5, 0.6) is 0 Å². The Hall–Kier alpha value is -3.22.